The molecule has 0 saturated heterocycles. The van der Waals surface area contributed by atoms with Crippen molar-refractivity contribution in [2.24, 2.45) is 0 Å². The van der Waals surface area contributed by atoms with Crippen LogP contribution in [0.1, 0.15) is 12.6 Å². The number of amides is 2. The first-order chi connectivity index (χ1) is 9.13. The smallest absolute Gasteiger partial charge is 0.296 e. The quantitative estimate of drug-likeness (QED) is 0.770. The van der Waals surface area contributed by atoms with Crippen LogP contribution < -0.4 is 5.32 Å². The van der Waals surface area contributed by atoms with Gasteiger partial charge in [-0.25, -0.2) is 0 Å². The Kier molecular flexibility index (Phi) is 6.10. The maximum atomic E-state index is 11.7. The van der Waals surface area contributed by atoms with Gasteiger partial charge in [0, 0.05) is 31.9 Å². The topological polar surface area (TPSA) is 62.3 Å². The monoisotopic (exact) mass is 259 g/mol. The first kappa shape index (κ1) is 14.7. The first-order valence-corrected chi connectivity index (χ1v) is 5.98. The highest BCUT2D eigenvalue weighted by atomic mass is 16.2. The van der Waals surface area contributed by atoms with Crippen molar-refractivity contribution in [3.05, 3.63) is 30.1 Å². The summed E-state index contributed by atoms with van der Waals surface area (Å²) in [6.07, 6.45) is 2.41. The van der Waals surface area contributed by atoms with Gasteiger partial charge in [-0.3, -0.25) is 14.6 Å². The van der Waals surface area contributed by atoms with Gasteiger partial charge in [0.25, 0.3) is 5.91 Å². The second-order valence-corrected chi connectivity index (χ2v) is 3.94. The lowest BCUT2D eigenvalue weighted by molar-refractivity contribution is -0.130. The molecule has 2 amide bonds. The Hall–Kier alpha value is -2.35. The molecule has 1 aromatic heterocycles. The van der Waals surface area contributed by atoms with Crippen LogP contribution in [-0.2, 0) is 16.0 Å². The Morgan fingerprint density at radius 3 is 2.84 bits per heavy atom. The molecule has 0 bridgehead atoms. The third-order valence-electron chi connectivity index (χ3n) is 2.49. The summed E-state index contributed by atoms with van der Waals surface area (Å²) < 4.78 is 0. The summed E-state index contributed by atoms with van der Waals surface area (Å²) >= 11 is 0. The molecule has 0 fully saturated rings. The van der Waals surface area contributed by atoms with E-state index in [1.54, 1.807) is 25.1 Å². The number of pyridine rings is 1. The minimum absolute atomic E-state index is 0.0355. The predicted molar refractivity (Wildman–Crippen MR) is 72.0 cm³/mol. The summed E-state index contributed by atoms with van der Waals surface area (Å²) in [4.78, 5) is 28.5. The van der Waals surface area contributed by atoms with E-state index in [0.717, 1.165) is 5.69 Å². The van der Waals surface area contributed by atoms with Crippen LogP contribution in [0.3, 0.4) is 0 Å². The van der Waals surface area contributed by atoms with Gasteiger partial charge in [-0.1, -0.05) is 12.0 Å². The van der Waals surface area contributed by atoms with Gasteiger partial charge in [-0.05, 0) is 25.0 Å². The minimum Gasteiger partial charge on any atom is -0.344 e. The van der Waals surface area contributed by atoms with Crippen molar-refractivity contribution < 1.29 is 9.59 Å². The molecule has 1 rings (SSSR count). The first-order valence-electron chi connectivity index (χ1n) is 5.98. The molecule has 0 aromatic carbocycles. The van der Waals surface area contributed by atoms with Gasteiger partial charge < -0.3 is 10.2 Å². The van der Waals surface area contributed by atoms with Gasteiger partial charge in [-0.2, -0.15) is 0 Å². The maximum Gasteiger partial charge on any atom is 0.296 e. The molecule has 19 heavy (non-hydrogen) atoms. The van der Waals surface area contributed by atoms with E-state index in [2.05, 4.69) is 22.1 Å². The average molecular weight is 259 g/mol. The lowest BCUT2D eigenvalue weighted by Crippen LogP contribution is -2.38. The molecule has 5 heteroatoms. The van der Waals surface area contributed by atoms with Crippen molar-refractivity contribution in [1.82, 2.24) is 15.2 Å². The molecular formula is C14H17N3O2. The van der Waals surface area contributed by atoms with Gasteiger partial charge in [0.15, 0.2) is 0 Å². The van der Waals surface area contributed by atoms with Gasteiger partial charge in [0.2, 0.25) is 5.91 Å². The van der Waals surface area contributed by atoms with Crippen LogP contribution in [-0.4, -0.2) is 41.8 Å². The summed E-state index contributed by atoms with van der Waals surface area (Å²) in [7, 11) is 1.70. The number of likely N-dealkylation sites (N-methyl/N-ethyl adjacent to an activating group) is 1. The molecule has 0 atom stereocenters. The number of aromatic nitrogens is 1. The van der Waals surface area contributed by atoms with Crippen LogP contribution in [0.4, 0.5) is 0 Å². The lowest BCUT2D eigenvalue weighted by Gasteiger charge is -2.16. The van der Waals surface area contributed by atoms with Crippen molar-refractivity contribution in [2.75, 3.05) is 20.1 Å². The van der Waals surface area contributed by atoms with E-state index >= 15 is 0 Å². The van der Waals surface area contributed by atoms with Gasteiger partial charge in [-0.15, -0.1) is 0 Å². The zero-order chi connectivity index (χ0) is 14.1. The van der Waals surface area contributed by atoms with Gasteiger partial charge in [0.1, 0.15) is 0 Å². The molecule has 0 aliphatic carbocycles. The Labute approximate surface area is 113 Å². The fourth-order valence-corrected chi connectivity index (χ4v) is 1.40. The summed E-state index contributed by atoms with van der Waals surface area (Å²) in [5.74, 6) is 4.20. The highest BCUT2D eigenvalue weighted by Crippen LogP contribution is 1.96. The van der Waals surface area contributed by atoms with Crippen LogP contribution in [0.2, 0.25) is 0 Å². The standard InChI is InChI=1S/C14H17N3O2/c1-3-6-13(18)16-11-14(19)17(2)10-8-12-7-4-5-9-15-12/h4-5,7,9H,8,10-11H2,1-2H3,(H,16,18). The maximum absolute atomic E-state index is 11.7. The third-order valence-corrected chi connectivity index (χ3v) is 2.49. The molecule has 0 spiro atoms. The zero-order valence-corrected chi connectivity index (χ0v) is 11.1. The van der Waals surface area contributed by atoms with E-state index < -0.39 is 5.91 Å². The second-order valence-electron chi connectivity index (χ2n) is 3.94. The third kappa shape index (κ3) is 5.68. The fourth-order valence-electron chi connectivity index (χ4n) is 1.40. The van der Waals surface area contributed by atoms with Crippen LogP contribution in [0.25, 0.3) is 0 Å². The Balaban J connectivity index is 2.32. The molecule has 0 unspecified atom stereocenters. The van der Waals surface area contributed by atoms with E-state index in [4.69, 9.17) is 0 Å². The van der Waals surface area contributed by atoms with Crippen molar-refractivity contribution >= 4 is 11.8 Å². The minimum atomic E-state index is -0.436. The number of nitrogens with zero attached hydrogens (tertiary/aromatic N) is 2. The van der Waals surface area contributed by atoms with Gasteiger partial charge >= 0.3 is 0 Å². The summed E-state index contributed by atoms with van der Waals surface area (Å²) in [6.45, 7) is 2.10. The van der Waals surface area contributed by atoms with Crippen LogP contribution in [0, 0.1) is 11.8 Å². The Morgan fingerprint density at radius 2 is 2.21 bits per heavy atom. The molecular weight excluding hydrogens is 242 g/mol. The number of rotatable bonds is 5. The van der Waals surface area contributed by atoms with Crippen LogP contribution in [0.15, 0.2) is 24.4 Å². The van der Waals surface area contributed by atoms with Gasteiger partial charge in [0.05, 0.1) is 6.54 Å². The molecule has 1 aromatic rings. The highest BCUT2D eigenvalue weighted by Gasteiger charge is 2.09. The van der Waals surface area contributed by atoms with E-state index in [0.29, 0.717) is 13.0 Å². The largest absolute Gasteiger partial charge is 0.344 e. The molecule has 0 aliphatic heterocycles. The molecule has 1 heterocycles. The van der Waals surface area contributed by atoms with Crippen molar-refractivity contribution in [2.45, 2.75) is 13.3 Å². The normalized spacial score (nSPS) is 9.16. The molecule has 100 valence electrons. The predicted octanol–water partition coefficient (Wildman–Crippen LogP) is 0.222. The van der Waals surface area contributed by atoms with Crippen molar-refractivity contribution in [3.8, 4) is 11.8 Å². The Morgan fingerprint density at radius 1 is 1.42 bits per heavy atom. The summed E-state index contributed by atoms with van der Waals surface area (Å²) in [5, 5.41) is 2.44. The number of carbonyl (C=O) groups is 2. The molecule has 5 nitrogen and oxygen atoms in total. The van der Waals surface area contributed by atoms with Crippen molar-refractivity contribution in [1.29, 1.82) is 0 Å². The highest BCUT2D eigenvalue weighted by molar-refractivity contribution is 5.95. The van der Waals surface area contributed by atoms with Crippen LogP contribution in [0.5, 0.6) is 0 Å². The van der Waals surface area contributed by atoms with E-state index in [1.165, 1.54) is 0 Å². The SMILES string of the molecule is CC#CC(=O)NCC(=O)N(C)CCc1ccccn1. The lowest BCUT2D eigenvalue weighted by atomic mass is 10.2. The molecule has 0 saturated carbocycles. The average Bonchev–Trinajstić information content (AvgIpc) is 2.43. The van der Waals surface area contributed by atoms with Crippen molar-refractivity contribution in [3.63, 3.8) is 0 Å². The van der Waals surface area contributed by atoms with E-state index in [1.807, 2.05) is 18.2 Å². The zero-order valence-electron chi connectivity index (χ0n) is 11.1. The number of carbonyl (C=O) groups excluding carboxylic acids is 2. The molecule has 0 aliphatic rings. The van der Waals surface area contributed by atoms with Crippen LogP contribution >= 0.6 is 0 Å². The number of hydrogen-bond donors (Lipinski definition) is 1. The summed E-state index contributed by atoms with van der Waals surface area (Å²) in [6, 6.07) is 5.67. The number of nitrogens with one attached hydrogen (secondary N) is 1. The summed E-state index contributed by atoms with van der Waals surface area (Å²) in [5.41, 5.74) is 0.933. The van der Waals surface area contributed by atoms with E-state index in [9.17, 15) is 9.59 Å². The Bertz CT molecular complexity index is 488. The molecule has 0 radical (unpaired) electrons. The fraction of sp³-hybridized carbons (Fsp3) is 0.357. The second kappa shape index (κ2) is 7.88. The number of hydrogen-bond acceptors (Lipinski definition) is 3. The molecule has 1 N–H and O–H groups in total. The van der Waals surface area contributed by atoms with E-state index in [-0.39, 0.29) is 12.5 Å².